The van der Waals surface area contributed by atoms with Gasteiger partial charge in [0.05, 0.1) is 6.54 Å². The molecule has 1 amide bonds. The first-order valence-corrected chi connectivity index (χ1v) is 9.72. The quantitative estimate of drug-likeness (QED) is 0.670. The normalized spacial score (nSPS) is 15.9. The number of anilines is 1. The van der Waals surface area contributed by atoms with E-state index in [4.69, 9.17) is 5.73 Å². The zero-order valence-electron chi connectivity index (χ0n) is 15.5. The van der Waals surface area contributed by atoms with Gasteiger partial charge in [-0.05, 0) is 43.0 Å². The van der Waals surface area contributed by atoms with Gasteiger partial charge in [0.1, 0.15) is 5.82 Å². The highest BCUT2D eigenvalue weighted by atomic mass is 16.1. The second-order valence-electron chi connectivity index (χ2n) is 7.25. The fourth-order valence-corrected chi connectivity index (χ4v) is 3.82. The Kier molecular flexibility index (Phi) is 6.39. The molecule has 1 heterocycles. The summed E-state index contributed by atoms with van der Waals surface area (Å²) in [5.74, 6) is 2.26. The summed E-state index contributed by atoms with van der Waals surface area (Å²) in [7, 11) is 0. The third kappa shape index (κ3) is 4.69. The topological polar surface area (TPSA) is 96.7 Å². The van der Waals surface area contributed by atoms with Crippen LogP contribution in [0.2, 0.25) is 0 Å². The highest BCUT2D eigenvalue weighted by Crippen LogP contribution is 2.32. The van der Waals surface area contributed by atoms with Crippen LogP contribution < -0.4 is 11.1 Å². The number of carbonyl (C=O) groups excluding carboxylic acids is 1. The van der Waals surface area contributed by atoms with Crippen molar-refractivity contribution in [2.24, 2.45) is 17.6 Å². The van der Waals surface area contributed by atoms with Crippen LogP contribution in [0.5, 0.6) is 0 Å². The average molecular weight is 355 g/mol. The number of hydrogen-bond donors (Lipinski definition) is 3. The number of nitrogens with one attached hydrogen (secondary N) is 2. The van der Waals surface area contributed by atoms with E-state index < -0.39 is 0 Å². The summed E-state index contributed by atoms with van der Waals surface area (Å²) < 4.78 is 0. The lowest BCUT2D eigenvalue weighted by Crippen LogP contribution is -2.24. The molecule has 1 saturated carbocycles. The van der Waals surface area contributed by atoms with Crippen LogP contribution in [0.4, 0.5) is 5.69 Å². The summed E-state index contributed by atoms with van der Waals surface area (Å²) >= 11 is 0. The van der Waals surface area contributed by atoms with E-state index in [1.54, 1.807) is 0 Å². The standard InChI is InChI=1S/C20H29N5O/c1-2-5-16(12-14-6-3-4-7-14)20(26)22-17-10-8-15(9-11-17)19-23-18(13-21)24-25-19/h8-11,14,16H,2-7,12-13,21H2,1H3,(H,22,26)(H,23,24,25). The zero-order valence-corrected chi connectivity index (χ0v) is 15.5. The predicted molar refractivity (Wildman–Crippen MR) is 103 cm³/mol. The molecular weight excluding hydrogens is 326 g/mol. The molecule has 6 nitrogen and oxygen atoms in total. The first-order valence-electron chi connectivity index (χ1n) is 9.72. The van der Waals surface area contributed by atoms with Crippen LogP contribution in [0.15, 0.2) is 24.3 Å². The van der Waals surface area contributed by atoms with Gasteiger partial charge < -0.3 is 11.1 Å². The van der Waals surface area contributed by atoms with Gasteiger partial charge >= 0.3 is 0 Å². The van der Waals surface area contributed by atoms with Crippen LogP contribution in [0.3, 0.4) is 0 Å². The first kappa shape index (κ1) is 18.6. The van der Waals surface area contributed by atoms with E-state index in [0.29, 0.717) is 18.2 Å². The van der Waals surface area contributed by atoms with Gasteiger partial charge in [0.15, 0.2) is 5.82 Å². The number of rotatable bonds is 8. The molecule has 140 valence electrons. The summed E-state index contributed by atoms with van der Waals surface area (Å²) in [4.78, 5) is 17.1. The van der Waals surface area contributed by atoms with E-state index in [1.807, 2.05) is 24.3 Å². The monoisotopic (exact) mass is 355 g/mol. The molecule has 1 aromatic heterocycles. The Hall–Kier alpha value is -2.21. The molecule has 26 heavy (non-hydrogen) atoms. The van der Waals surface area contributed by atoms with Crippen LogP contribution in [0.1, 0.15) is 57.7 Å². The molecule has 1 aliphatic carbocycles. The molecule has 0 radical (unpaired) electrons. The fourth-order valence-electron chi connectivity index (χ4n) is 3.82. The van der Waals surface area contributed by atoms with Gasteiger partial charge in [0, 0.05) is 17.2 Å². The molecule has 6 heteroatoms. The Bertz CT molecular complexity index is 703. The lowest BCUT2D eigenvalue weighted by atomic mass is 9.89. The van der Waals surface area contributed by atoms with Gasteiger partial charge in [0.2, 0.25) is 5.91 Å². The molecule has 1 atom stereocenters. The molecule has 1 fully saturated rings. The third-order valence-corrected chi connectivity index (χ3v) is 5.24. The lowest BCUT2D eigenvalue weighted by molar-refractivity contribution is -0.120. The largest absolute Gasteiger partial charge is 0.326 e. The average Bonchev–Trinajstić information content (AvgIpc) is 3.33. The van der Waals surface area contributed by atoms with Gasteiger partial charge in [-0.1, -0.05) is 39.0 Å². The van der Waals surface area contributed by atoms with Crippen LogP contribution in [0.25, 0.3) is 11.4 Å². The van der Waals surface area contributed by atoms with Gasteiger partial charge in [0.25, 0.3) is 0 Å². The van der Waals surface area contributed by atoms with Crippen LogP contribution >= 0.6 is 0 Å². The van der Waals surface area contributed by atoms with Crippen molar-refractivity contribution in [3.63, 3.8) is 0 Å². The smallest absolute Gasteiger partial charge is 0.227 e. The van der Waals surface area contributed by atoms with Crippen LogP contribution in [-0.2, 0) is 11.3 Å². The summed E-state index contributed by atoms with van der Waals surface area (Å²) in [6, 6.07) is 7.66. The number of aromatic amines is 1. The number of carbonyl (C=O) groups is 1. The van der Waals surface area contributed by atoms with Crippen molar-refractivity contribution >= 4 is 11.6 Å². The minimum atomic E-state index is 0.114. The van der Waals surface area contributed by atoms with E-state index in [0.717, 1.165) is 36.4 Å². The van der Waals surface area contributed by atoms with Crippen LogP contribution in [0, 0.1) is 11.8 Å². The molecule has 0 bridgehead atoms. The number of H-pyrrole nitrogens is 1. The van der Waals surface area contributed by atoms with E-state index in [1.165, 1.54) is 25.7 Å². The molecule has 0 aliphatic heterocycles. The SMILES string of the molecule is CCCC(CC1CCCC1)C(=O)Nc1ccc(-c2n[nH]c(CN)n2)cc1. The first-order chi connectivity index (χ1) is 12.7. The highest BCUT2D eigenvalue weighted by molar-refractivity contribution is 5.92. The van der Waals surface area contributed by atoms with Crippen molar-refractivity contribution in [3.05, 3.63) is 30.1 Å². The molecular formula is C20H29N5O. The number of hydrogen-bond acceptors (Lipinski definition) is 4. The maximum atomic E-state index is 12.7. The molecule has 1 aromatic carbocycles. The van der Waals surface area contributed by atoms with Crippen molar-refractivity contribution in [2.45, 2.75) is 58.4 Å². The summed E-state index contributed by atoms with van der Waals surface area (Å²) in [6.45, 7) is 2.48. The van der Waals surface area contributed by atoms with Crippen molar-refractivity contribution < 1.29 is 4.79 Å². The fraction of sp³-hybridized carbons (Fsp3) is 0.550. The van der Waals surface area contributed by atoms with E-state index in [9.17, 15) is 4.79 Å². The van der Waals surface area contributed by atoms with Crippen LogP contribution in [-0.4, -0.2) is 21.1 Å². The molecule has 0 spiro atoms. The van der Waals surface area contributed by atoms with Crippen molar-refractivity contribution in [1.82, 2.24) is 15.2 Å². The highest BCUT2D eigenvalue weighted by Gasteiger charge is 2.24. The van der Waals surface area contributed by atoms with E-state index in [-0.39, 0.29) is 11.8 Å². The number of aromatic nitrogens is 3. The number of amides is 1. The second-order valence-corrected chi connectivity index (χ2v) is 7.25. The summed E-state index contributed by atoms with van der Waals surface area (Å²) in [6.07, 6.45) is 8.22. The Labute approximate surface area is 155 Å². The molecule has 1 unspecified atom stereocenters. The Balaban J connectivity index is 1.61. The summed E-state index contributed by atoms with van der Waals surface area (Å²) in [5.41, 5.74) is 7.27. The number of nitrogens with two attached hydrogens (primary N) is 1. The Morgan fingerprint density at radius 3 is 2.65 bits per heavy atom. The molecule has 2 aromatic rings. The van der Waals surface area contributed by atoms with Gasteiger partial charge in [-0.2, -0.15) is 5.10 Å². The second kappa shape index (κ2) is 8.94. The molecule has 4 N–H and O–H groups in total. The molecule has 3 rings (SSSR count). The Morgan fingerprint density at radius 1 is 1.31 bits per heavy atom. The zero-order chi connectivity index (χ0) is 18.4. The predicted octanol–water partition coefficient (Wildman–Crippen LogP) is 3.87. The maximum absolute atomic E-state index is 12.7. The minimum Gasteiger partial charge on any atom is -0.326 e. The molecule has 1 aliphatic rings. The minimum absolute atomic E-state index is 0.114. The van der Waals surface area contributed by atoms with E-state index >= 15 is 0 Å². The Morgan fingerprint density at radius 2 is 2.04 bits per heavy atom. The maximum Gasteiger partial charge on any atom is 0.227 e. The third-order valence-electron chi connectivity index (χ3n) is 5.24. The van der Waals surface area contributed by atoms with Crippen molar-refractivity contribution in [1.29, 1.82) is 0 Å². The summed E-state index contributed by atoms with van der Waals surface area (Å²) in [5, 5.41) is 10.1. The van der Waals surface area contributed by atoms with Crippen molar-refractivity contribution in [2.75, 3.05) is 5.32 Å². The number of benzene rings is 1. The molecule has 0 saturated heterocycles. The lowest BCUT2D eigenvalue weighted by Gasteiger charge is -2.19. The van der Waals surface area contributed by atoms with Gasteiger partial charge in [-0.15, -0.1) is 0 Å². The van der Waals surface area contributed by atoms with Gasteiger partial charge in [-0.25, -0.2) is 4.98 Å². The number of nitrogens with zero attached hydrogens (tertiary/aromatic N) is 2. The van der Waals surface area contributed by atoms with Crippen molar-refractivity contribution in [3.8, 4) is 11.4 Å². The van der Waals surface area contributed by atoms with E-state index in [2.05, 4.69) is 27.4 Å². The van der Waals surface area contributed by atoms with Gasteiger partial charge in [-0.3, -0.25) is 9.89 Å².